The van der Waals surface area contributed by atoms with Crippen molar-refractivity contribution >= 4 is 11.9 Å². The molecule has 0 fully saturated rings. The van der Waals surface area contributed by atoms with Crippen LogP contribution in [0.2, 0.25) is 0 Å². The third-order valence-corrected chi connectivity index (χ3v) is 2.92. The van der Waals surface area contributed by atoms with Gasteiger partial charge in [0.2, 0.25) is 5.95 Å². The number of nitrogens with zero attached hydrogens (tertiary/aromatic N) is 2. The van der Waals surface area contributed by atoms with Crippen molar-refractivity contribution in [3.63, 3.8) is 0 Å². The summed E-state index contributed by atoms with van der Waals surface area (Å²) in [5.74, 6) is -1.21. The highest BCUT2D eigenvalue weighted by molar-refractivity contribution is 5.85. The maximum Gasteiger partial charge on any atom is 0.354 e. The largest absolute Gasteiger partial charge is 0.477 e. The molecule has 1 unspecified atom stereocenters. The molecule has 1 aromatic heterocycles. The molecule has 0 saturated heterocycles. The van der Waals surface area contributed by atoms with Crippen LogP contribution in [0.15, 0.2) is 30.5 Å². The standard InChI is InChI=1S/C14H14FN3O2/c1-8-3-4-10(7-11(8)15)9(2)17-14-16-6-5-12(18-14)13(19)20/h3-7,9H,1-2H3,(H,19,20)(H,16,17,18). The molecule has 0 saturated carbocycles. The molecule has 5 nitrogen and oxygen atoms in total. The van der Waals surface area contributed by atoms with Crippen LogP contribution in [0, 0.1) is 12.7 Å². The van der Waals surface area contributed by atoms with E-state index >= 15 is 0 Å². The minimum atomic E-state index is -1.12. The molecule has 0 aliphatic rings. The lowest BCUT2D eigenvalue weighted by atomic mass is 10.1. The number of hydrogen-bond donors (Lipinski definition) is 2. The lowest BCUT2D eigenvalue weighted by molar-refractivity contribution is 0.0690. The van der Waals surface area contributed by atoms with Gasteiger partial charge < -0.3 is 10.4 Å². The third-order valence-electron chi connectivity index (χ3n) is 2.92. The summed E-state index contributed by atoms with van der Waals surface area (Å²) in [6.45, 7) is 3.51. The topological polar surface area (TPSA) is 75.1 Å². The van der Waals surface area contributed by atoms with Crippen LogP contribution >= 0.6 is 0 Å². The van der Waals surface area contributed by atoms with E-state index in [0.717, 1.165) is 5.56 Å². The van der Waals surface area contributed by atoms with Crippen molar-refractivity contribution in [3.8, 4) is 0 Å². The van der Waals surface area contributed by atoms with Gasteiger partial charge in [0.05, 0.1) is 6.04 Å². The zero-order valence-electron chi connectivity index (χ0n) is 11.1. The number of benzene rings is 1. The number of nitrogens with one attached hydrogen (secondary N) is 1. The summed E-state index contributed by atoms with van der Waals surface area (Å²) in [7, 11) is 0. The van der Waals surface area contributed by atoms with E-state index in [9.17, 15) is 9.18 Å². The highest BCUT2D eigenvalue weighted by atomic mass is 19.1. The van der Waals surface area contributed by atoms with E-state index in [4.69, 9.17) is 5.11 Å². The van der Waals surface area contributed by atoms with Crippen LogP contribution in [0.4, 0.5) is 10.3 Å². The molecule has 1 atom stereocenters. The number of carboxylic acid groups (broad SMARTS) is 1. The summed E-state index contributed by atoms with van der Waals surface area (Å²) in [5.41, 5.74) is 1.22. The molecule has 20 heavy (non-hydrogen) atoms. The first-order chi connectivity index (χ1) is 9.47. The average molecular weight is 275 g/mol. The molecule has 104 valence electrons. The maximum absolute atomic E-state index is 13.5. The van der Waals surface area contributed by atoms with Crippen LogP contribution in [0.3, 0.4) is 0 Å². The quantitative estimate of drug-likeness (QED) is 0.897. The fourth-order valence-electron chi connectivity index (χ4n) is 1.70. The normalized spacial score (nSPS) is 11.9. The van der Waals surface area contributed by atoms with E-state index in [-0.39, 0.29) is 23.5 Å². The van der Waals surface area contributed by atoms with Crippen molar-refractivity contribution < 1.29 is 14.3 Å². The number of hydrogen-bond acceptors (Lipinski definition) is 4. The van der Waals surface area contributed by atoms with E-state index in [1.165, 1.54) is 18.3 Å². The molecule has 1 aromatic carbocycles. The number of halogens is 1. The van der Waals surface area contributed by atoms with Gasteiger partial charge in [-0.1, -0.05) is 12.1 Å². The number of aromatic carboxylic acids is 1. The molecule has 0 aliphatic heterocycles. The minimum absolute atomic E-state index is 0.0928. The van der Waals surface area contributed by atoms with Crippen LogP contribution in [0.5, 0.6) is 0 Å². The van der Waals surface area contributed by atoms with Gasteiger partial charge in [0, 0.05) is 6.20 Å². The molecule has 0 aliphatic carbocycles. The Morgan fingerprint density at radius 1 is 1.40 bits per heavy atom. The molecule has 2 aromatic rings. The Balaban J connectivity index is 2.18. The summed E-state index contributed by atoms with van der Waals surface area (Å²) in [4.78, 5) is 18.6. The van der Waals surface area contributed by atoms with Gasteiger partial charge in [-0.15, -0.1) is 0 Å². The van der Waals surface area contributed by atoms with E-state index in [1.54, 1.807) is 19.1 Å². The number of anilines is 1. The first kappa shape index (κ1) is 13.9. The molecule has 1 heterocycles. The van der Waals surface area contributed by atoms with Gasteiger partial charge in [0.1, 0.15) is 5.82 Å². The van der Waals surface area contributed by atoms with Crippen molar-refractivity contribution in [3.05, 3.63) is 53.1 Å². The summed E-state index contributed by atoms with van der Waals surface area (Å²) < 4.78 is 13.5. The van der Waals surface area contributed by atoms with Gasteiger partial charge in [-0.05, 0) is 37.1 Å². The van der Waals surface area contributed by atoms with Crippen LogP contribution in [-0.2, 0) is 0 Å². The molecular formula is C14H14FN3O2. The summed E-state index contributed by atoms with van der Waals surface area (Å²) >= 11 is 0. The van der Waals surface area contributed by atoms with Gasteiger partial charge in [-0.2, -0.15) is 0 Å². The Hall–Kier alpha value is -2.50. The van der Waals surface area contributed by atoms with Gasteiger partial charge in [0.15, 0.2) is 5.69 Å². The first-order valence-electron chi connectivity index (χ1n) is 6.06. The number of aryl methyl sites for hydroxylation is 1. The van der Waals surface area contributed by atoms with Gasteiger partial charge in [-0.25, -0.2) is 19.2 Å². The number of carboxylic acids is 1. The molecule has 0 amide bonds. The highest BCUT2D eigenvalue weighted by Gasteiger charge is 2.11. The summed E-state index contributed by atoms with van der Waals surface area (Å²) in [6, 6.07) is 6.00. The van der Waals surface area contributed by atoms with E-state index < -0.39 is 5.97 Å². The zero-order valence-corrected chi connectivity index (χ0v) is 11.1. The lowest BCUT2D eigenvalue weighted by Gasteiger charge is -2.14. The second kappa shape index (κ2) is 5.64. The van der Waals surface area contributed by atoms with Crippen LogP contribution in [0.1, 0.15) is 34.6 Å². The zero-order chi connectivity index (χ0) is 14.7. The average Bonchev–Trinajstić information content (AvgIpc) is 2.42. The van der Waals surface area contributed by atoms with Crippen molar-refractivity contribution in [1.82, 2.24) is 9.97 Å². The molecule has 2 N–H and O–H groups in total. The summed E-state index contributed by atoms with van der Waals surface area (Å²) in [6.07, 6.45) is 1.36. The monoisotopic (exact) mass is 275 g/mol. The molecule has 0 spiro atoms. The molecular weight excluding hydrogens is 261 g/mol. The second-order valence-corrected chi connectivity index (χ2v) is 4.45. The molecule has 0 bridgehead atoms. The predicted molar refractivity (Wildman–Crippen MR) is 72.2 cm³/mol. The fraction of sp³-hybridized carbons (Fsp3) is 0.214. The van der Waals surface area contributed by atoms with Crippen LogP contribution < -0.4 is 5.32 Å². The number of rotatable bonds is 4. The van der Waals surface area contributed by atoms with Crippen molar-refractivity contribution in [2.45, 2.75) is 19.9 Å². The van der Waals surface area contributed by atoms with Crippen molar-refractivity contribution in [2.75, 3.05) is 5.32 Å². The van der Waals surface area contributed by atoms with Crippen molar-refractivity contribution in [1.29, 1.82) is 0 Å². The Kier molecular flexibility index (Phi) is 3.93. The van der Waals surface area contributed by atoms with Crippen LogP contribution in [-0.4, -0.2) is 21.0 Å². The minimum Gasteiger partial charge on any atom is -0.477 e. The Bertz CT molecular complexity index is 646. The maximum atomic E-state index is 13.5. The van der Waals surface area contributed by atoms with Gasteiger partial charge in [-0.3, -0.25) is 0 Å². The summed E-state index contributed by atoms with van der Waals surface area (Å²) in [5, 5.41) is 11.8. The van der Waals surface area contributed by atoms with Gasteiger partial charge >= 0.3 is 5.97 Å². The Morgan fingerprint density at radius 3 is 2.80 bits per heavy atom. The Morgan fingerprint density at radius 2 is 2.15 bits per heavy atom. The van der Waals surface area contributed by atoms with E-state index in [1.807, 2.05) is 6.92 Å². The van der Waals surface area contributed by atoms with E-state index in [2.05, 4.69) is 15.3 Å². The van der Waals surface area contributed by atoms with Crippen molar-refractivity contribution in [2.24, 2.45) is 0 Å². The first-order valence-corrected chi connectivity index (χ1v) is 6.06. The molecule has 6 heteroatoms. The Labute approximate surface area is 115 Å². The SMILES string of the molecule is Cc1ccc(C(C)Nc2nccc(C(=O)O)n2)cc1F. The third kappa shape index (κ3) is 3.09. The number of aromatic nitrogens is 2. The number of carbonyl (C=O) groups is 1. The lowest BCUT2D eigenvalue weighted by Crippen LogP contribution is -2.11. The van der Waals surface area contributed by atoms with Crippen LogP contribution in [0.25, 0.3) is 0 Å². The smallest absolute Gasteiger partial charge is 0.354 e. The predicted octanol–water partition coefficient (Wildman–Crippen LogP) is 2.80. The highest BCUT2D eigenvalue weighted by Crippen LogP contribution is 2.19. The van der Waals surface area contributed by atoms with E-state index in [0.29, 0.717) is 5.56 Å². The van der Waals surface area contributed by atoms with Gasteiger partial charge in [0.25, 0.3) is 0 Å². The molecule has 2 rings (SSSR count). The second-order valence-electron chi connectivity index (χ2n) is 4.45. The fourth-order valence-corrected chi connectivity index (χ4v) is 1.70. The molecule has 0 radical (unpaired) electrons.